The maximum Gasteiger partial charge on any atom is 0.138 e. The number of nitrogens with zero attached hydrogens (tertiary/aromatic N) is 1. The van der Waals surface area contributed by atoms with Gasteiger partial charge < -0.3 is 14.4 Å². The van der Waals surface area contributed by atoms with E-state index in [2.05, 4.69) is 36.2 Å². The van der Waals surface area contributed by atoms with E-state index < -0.39 is 0 Å². The molecule has 2 aromatic carbocycles. The van der Waals surface area contributed by atoms with E-state index in [9.17, 15) is 0 Å². The van der Waals surface area contributed by atoms with Gasteiger partial charge in [0.2, 0.25) is 0 Å². The Hall–Kier alpha value is -1.26. The molecule has 0 fully saturated rings. The lowest BCUT2D eigenvalue weighted by atomic mass is 10.1. The summed E-state index contributed by atoms with van der Waals surface area (Å²) in [5, 5.41) is 1.11. The summed E-state index contributed by atoms with van der Waals surface area (Å²) in [5.74, 6) is 0.634. The molecule has 0 aliphatic carbocycles. The summed E-state index contributed by atoms with van der Waals surface area (Å²) in [6, 6.07) is 15.7. The van der Waals surface area contributed by atoms with Crippen molar-refractivity contribution in [2.75, 3.05) is 20.2 Å². The lowest BCUT2D eigenvalue weighted by Crippen LogP contribution is -2.33. The second-order valence-electron chi connectivity index (χ2n) is 7.75. The highest BCUT2D eigenvalue weighted by atomic mass is 35.5. The quantitative estimate of drug-likeness (QED) is 0.500. The van der Waals surface area contributed by atoms with Crippen LogP contribution in [-0.4, -0.2) is 36.8 Å². The number of hydrogen-bond acceptors (Lipinski definition) is 3. The molecular weight excluding hydrogens is 381 g/mol. The van der Waals surface area contributed by atoms with Crippen molar-refractivity contribution in [3.63, 3.8) is 0 Å². The van der Waals surface area contributed by atoms with Gasteiger partial charge in [0, 0.05) is 18.1 Å². The molecule has 0 radical (unpaired) electrons. The fourth-order valence-corrected chi connectivity index (χ4v) is 3.06. The van der Waals surface area contributed by atoms with Crippen LogP contribution in [0.1, 0.15) is 32.8 Å². The molecule has 1 unspecified atom stereocenters. The van der Waals surface area contributed by atoms with Gasteiger partial charge in [-0.05, 0) is 58.0 Å². The zero-order chi connectivity index (χ0) is 19.9. The van der Waals surface area contributed by atoms with Crippen LogP contribution in [0.15, 0.2) is 48.5 Å². The summed E-state index contributed by atoms with van der Waals surface area (Å²) in [6.07, 6.45) is 0.736. The number of ether oxygens (including phenoxy) is 2. The van der Waals surface area contributed by atoms with Crippen molar-refractivity contribution in [2.45, 2.75) is 45.4 Å². The molecule has 0 N–H and O–H groups in total. The summed E-state index contributed by atoms with van der Waals surface area (Å²) >= 11 is 12.3. The molecule has 0 saturated carbocycles. The summed E-state index contributed by atoms with van der Waals surface area (Å²) in [5.41, 5.74) is 1.07. The first-order chi connectivity index (χ1) is 12.7. The van der Waals surface area contributed by atoms with Crippen LogP contribution in [0.3, 0.4) is 0 Å². The molecule has 0 heterocycles. The van der Waals surface area contributed by atoms with E-state index >= 15 is 0 Å². The van der Waals surface area contributed by atoms with Crippen LogP contribution in [0, 0.1) is 0 Å². The smallest absolute Gasteiger partial charge is 0.138 e. The fourth-order valence-electron chi connectivity index (χ4n) is 2.61. The predicted molar refractivity (Wildman–Crippen MR) is 114 cm³/mol. The summed E-state index contributed by atoms with van der Waals surface area (Å²) < 4.78 is 12.1. The van der Waals surface area contributed by atoms with Crippen molar-refractivity contribution in [3.05, 3.63) is 64.1 Å². The van der Waals surface area contributed by atoms with Gasteiger partial charge in [-0.1, -0.05) is 53.5 Å². The third-order valence-electron chi connectivity index (χ3n) is 4.02. The van der Waals surface area contributed by atoms with Gasteiger partial charge >= 0.3 is 0 Å². The van der Waals surface area contributed by atoms with Gasteiger partial charge in [-0.3, -0.25) is 0 Å². The zero-order valence-corrected chi connectivity index (χ0v) is 18.1. The van der Waals surface area contributed by atoms with Crippen molar-refractivity contribution in [1.82, 2.24) is 4.90 Å². The van der Waals surface area contributed by atoms with Crippen LogP contribution in [0.4, 0.5) is 0 Å². The van der Waals surface area contributed by atoms with Crippen molar-refractivity contribution in [2.24, 2.45) is 0 Å². The van der Waals surface area contributed by atoms with E-state index in [1.54, 1.807) is 12.1 Å². The molecule has 0 amide bonds. The van der Waals surface area contributed by atoms with Gasteiger partial charge in [0.25, 0.3) is 0 Å². The average Bonchev–Trinajstić information content (AvgIpc) is 2.59. The first kappa shape index (κ1) is 22.0. The standard InChI is InChI=1S/C22H29Cl2NO2/c1-22(2,3)26-16-19(27-21-11-10-18(23)14-20(21)24)12-13-25(4)15-17-8-6-5-7-9-17/h5-11,14,19H,12-13,15-16H2,1-4H3. The van der Waals surface area contributed by atoms with Crippen molar-refractivity contribution < 1.29 is 9.47 Å². The molecule has 2 aromatic rings. The minimum Gasteiger partial charge on any atom is -0.486 e. The van der Waals surface area contributed by atoms with Crippen molar-refractivity contribution in [1.29, 1.82) is 0 Å². The van der Waals surface area contributed by atoms with E-state index in [1.165, 1.54) is 5.56 Å². The van der Waals surface area contributed by atoms with E-state index in [0.29, 0.717) is 22.4 Å². The van der Waals surface area contributed by atoms with Gasteiger partial charge in [-0.2, -0.15) is 0 Å². The molecule has 5 heteroatoms. The lowest BCUT2D eigenvalue weighted by Gasteiger charge is -2.27. The Morgan fingerprint density at radius 1 is 1.04 bits per heavy atom. The van der Waals surface area contributed by atoms with Crippen LogP contribution in [0.2, 0.25) is 10.0 Å². The Labute approximate surface area is 173 Å². The Morgan fingerprint density at radius 3 is 2.37 bits per heavy atom. The highest BCUT2D eigenvalue weighted by molar-refractivity contribution is 6.35. The van der Waals surface area contributed by atoms with Crippen LogP contribution in [0.5, 0.6) is 5.75 Å². The maximum absolute atomic E-state index is 6.27. The molecule has 0 aliphatic heterocycles. The maximum atomic E-state index is 6.27. The van der Waals surface area contributed by atoms with Crippen LogP contribution >= 0.6 is 23.2 Å². The van der Waals surface area contributed by atoms with E-state index in [-0.39, 0.29) is 11.7 Å². The molecule has 2 rings (SSSR count). The van der Waals surface area contributed by atoms with Gasteiger partial charge in [-0.15, -0.1) is 0 Å². The molecule has 0 aromatic heterocycles. The monoisotopic (exact) mass is 409 g/mol. The van der Waals surface area contributed by atoms with E-state index in [0.717, 1.165) is 19.5 Å². The molecule has 0 aliphatic rings. The SMILES string of the molecule is CN(CCC(COC(C)(C)C)Oc1ccc(Cl)cc1Cl)Cc1ccccc1. The van der Waals surface area contributed by atoms with E-state index in [1.807, 2.05) is 32.9 Å². The van der Waals surface area contributed by atoms with Crippen LogP contribution in [0.25, 0.3) is 0 Å². The van der Waals surface area contributed by atoms with E-state index in [4.69, 9.17) is 32.7 Å². The molecule has 1 atom stereocenters. The molecule has 0 saturated heterocycles. The second kappa shape index (κ2) is 10.3. The van der Waals surface area contributed by atoms with Gasteiger partial charge in [0.15, 0.2) is 0 Å². The first-order valence-corrected chi connectivity index (χ1v) is 9.96. The van der Waals surface area contributed by atoms with Crippen LogP contribution < -0.4 is 4.74 Å². The molecular formula is C22H29Cl2NO2. The number of benzene rings is 2. The molecule has 27 heavy (non-hydrogen) atoms. The first-order valence-electron chi connectivity index (χ1n) is 9.21. The fraction of sp³-hybridized carbons (Fsp3) is 0.455. The third-order valence-corrected chi connectivity index (χ3v) is 4.55. The Kier molecular flexibility index (Phi) is 8.43. The Morgan fingerprint density at radius 2 is 1.74 bits per heavy atom. The number of rotatable bonds is 9. The average molecular weight is 410 g/mol. The molecule has 148 valence electrons. The minimum absolute atomic E-state index is 0.0962. The largest absolute Gasteiger partial charge is 0.486 e. The lowest BCUT2D eigenvalue weighted by molar-refractivity contribution is -0.0448. The highest BCUT2D eigenvalue weighted by Gasteiger charge is 2.19. The van der Waals surface area contributed by atoms with Crippen LogP contribution in [-0.2, 0) is 11.3 Å². The molecule has 0 spiro atoms. The Bertz CT molecular complexity index is 701. The summed E-state index contributed by atoms with van der Waals surface area (Å²) in [7, 11) is 2.12. The second-order valence-corrected chi connectivity index (χ2v) is 8.59. The van der Waals surface area contributed by atoms with Gasteiger partial charge in [0.1, 0.15) is 11.9 Å². The van der Waals surface area contributed by atoms with Gasteiger partial charge in [0.05, 0.1) is 17.2 Å². The third kappa shape index (κ3) is 8.52. The summed E-state index contributed by atoms with van der Waals surface area (Å²) in [6.45, 7) is 8.41. The normalized spacial score (nSPS) is 13.0. The van der Waals surface area contributed by atoms with Crippen molar-refractivity contribution >= 4 is 23.2 Å². The Balaban J connectivity index is 1.96. The van der Waals surface area contributed by atoms with Crippen molar-refractivity contribution in [3.8, 4) is 5.75 Å². The minimum atomic E-state index is -0.221. The zero-order valence-electron chi connectivity index (χ0n) is 16.5. The van der Waals surface area contributed by atoms with Gasteiger partial charge in [-0.25, -0.2) is 0 Å². The number of halogens is 2. The predicted octanol–water partition coefficient (Wildman–Crippen LogP) is 6.08. The number of hydrogen-bond donors (Lipinski definition) is 0. The topological polar surface area (TPSA) is 21.7 Å². The summed E-state index contributed by atoms with van der Waals surface area (Å²) in [4.78, 5) is 2.28. The molecule has 0 bridgehead atoms. The highest BCUT2D eigenvalue weighted by Crippen LogP contribution is 2.29. The molecule has 3 nitrogen and oxygen atoms in total.